The van der Waals surface area contributed by atoms with Crippen LogP contribution < -0.4 is 19.9 Å². The zero-order chi connectivity index (χ0) is 19.6. The van der Waals surface area contributed by atoms with Crippen molar-refractivity contribution in [2.75, 3.05) is 25.2 Å². The molecule has 7 nitrogen and oxygen atoms in total. The fraction of sp³-hybridized carbons (Fsp3) is 0.250. The second-order valence-corrected chi connectivity index (χ2v) is 6.09. The van der Waals surface area contributed by atoms with E-state index in [-0.39, 0.29) is 29.6 Å². The molecule has 0 saturated heterocycles. The Morgan fingerprint density at radius 2 is 2.15 bits per heavy atom. The number of anilines is 1. The number of fused-ring (bicyclic) bond motifs is 1. The standard InChI is InChI=1S/C20H20N2O5/c1-4-9-22-15-11-14(7-8-16(15)27-12-18(22)23)19(24)13(2)21-10-5-6-17(26-3)20(21)25/h4-8,10-11,13H,1,9,12H2,2-3H3. The van der Waals surface area contributed by atoms with Crippen LogP contribution in [0.25, 0.3) is 0 Å². The van der Waals surface area contributed by atoms with Crippen molar-refractivity contribution in [1.29, 1.82) is 0 Å². The van der Waals surface area contributed by atoms with Gasteiger partial charge in [-0.15, -0.1) is 6.58 Å². The van der Waals surface area contributed by atoms with Gasteiger partial charge in [-0.3, -0.25) is 14.4 Å². The highest BCUT2D eigenvalue weighted by molar-refractivity contribution is 6.03. The van der Waals surface area contributed by atoms with E-state index >= 15 is 0 Å². The average molecular weight is 368 g/mol. The predicted molar refractivity (Wildman–Crippen MR) is 101 cm³/mol. The Morgan fingerprint density at radius 1 is 1.37 bits per heavy atom. The van der Waals surface area contributed by atoms with E-state index in [2.05, 4.69) is 6.58 Å². The van der Waals surface area contributed by atoms with Crippen molar-refractivity contribution in [2.45, 2.75) is 13.0 Å². The SMILES string of the molecule is C=CCN1C(=O)COc2ccc(C(=O)C(C)n3cccc(OC)c3=O)cc21. The monoisotopic (exact) mass is 368 g/mol. The molecule has 0 radical (unpaired) electrons. The molecule has 3 rings (SSSR count). The van der Waals surface area contributed by atoms with Gasteiger partial charge >= 0.3 is 0 Å². The first-order valence-corrected chi connectivity index (χ1v) is 8.45. The molecule has 0 N–H and O–H groups in total. The van der Waals surface area contributed by atoms with E-state index in [1.165, 1.54) is 16.6 Å². The molecule has 0 saturated carbocycles. The topological polar surface area (TPSA) is 77.8 Å². The van der Waals surface area contributed by atoms with Gasteiger partial charge in [-0.2, -0.15) is 0 Å². The van der Waals surface area contributed by atoms with Crippen molar-refractivity contribution in [1.82, 2.24) is 4.57 Å². The van der Waals surface area contributed by atoms with E-state index in [4.69, 9.17) is 9.47 Å². The van der Waals surface area contributed by atoms with Crippen LogP contribution in [0.3, 0.4) is 0 Å². The third-order valence-electron chi connectivity index (χ3n) is 4.45. The molecule has 140 valence electrons. The van der Waals surface area contributed by atoms with Crippen LogP contribution in [0.5, 0.6) is 11.5 Å². The number of rotatable bonds is 6. The van der Waals surface area contributed by atoms with E-state index in [0.29, 0.717) is 23.5 Å². The Bertz CT molecular complexity index is 963. The minimum Gasteiger partial charge on any atom is -0.491 e. The summed E-state index contributed by atoms with van der Waals surface area (Å²) < 4.78 is 11.8. The number of Topliss-reactive ketones (excluding diaryl/α,β-unsaturated/α-hetero) is 1. The molecule has 1 unspecified atom stereocenters. The zero-order valence-electron chi connectivity index (χ0n) is 15.2. The maximum absolute atomic E-state index is 13.0. The number of ether oxygens (including phenoxy) is 2. The second kappa shape index (κ2) is 7.49. The van der Waals surface area contributed by atoms with Crippen LogP contribution in [0.4, 0.5) is 5.69 Å². The molecule has 7 heteroatoms. The van der Waals surface area contributed by atoms with Crippen LogP contribution in [-0.2, 0) is 4.79 Å². The largest absolute Gasteiger partial charge is 0.491 e. The molecular formula is C20H20N2O5. The molecule has 1 amide bonds. The predicted octanol–water partition coefficient (Wildman–Crippen LogP) is 2.21. The van der Waals surface area contributed by atoms with Crippen LogP contribution in [-0.4, -0.2) is 36.5 Å². The van der Waals surface area contributed by atoms with Crippen molar-refractivity contribution in [3.8, 4) is 11.5 Å². The lowest BCUT2D eigenvalue weighted by Crippen LogP contribution is -2.39. The Balaban J connectivity index is 1.97. The van der Waals surface area contributed by atoms with Gasteiger partial charge in [0.15, 0.2) is 18.1 Å². The van der Waals surface area contributed by atoms with Crippen molar-refractivity contribution >= 4 is 17.4 Å². The third kappa shape index (κ3) is 3.36. The number of carbonyl (C=O) groups excluding carboxylic acids is 2. The molecule has 0 bridgehead atoms. The highest BCUT2D eigenvalue weighted by atomic mass is 16.5. The van der Waals surface area contributed by atoms with E-state index in [1.54, 1.807) is 49.5 Å². The number of ketones is 1. The molecule has 1 aromatic heterocycles. The fourth-order valence-electron chi connectivity index (χ4n) is 3.00. The summed E-state index contributed by atoms with van der Waals surface area (Å²) in [6.07, 6.45) is 3.16. The molecule has 0 spiro atoms. The highest BCUT2D eigenvalue weighted by Gasteiger charge is 2.27. The van der Waals surface area contributed by atoms with Gasteiger partial charge < -0.3 is 18.9 Å². The molecule has 1 aliphatic heterocycles. The number of carbonyl (C=O) groups is 2. The number of nitrogens with zero attached hydrogens (tertiary/aromatic N) is 2. The second-order valence-electron chi connectivity index (χ2n) is 6.09. The number of aromatic nitrogens is 1. The van der Waals surface area contributed by atoms with Gasteiger partial charge in [-0.05, 0) is 37.3 Å². The molecule has 2 heterocycles. The molecule has 0 fully saturated rings. The lowest BCUT2D eigenvalue weighted by Gasteiger charge is -2.29. The molecule has 27 heavy (non-hydrogen) atoms. The van der Waals surface area contributed by atoms with Gasteiger partial charge in [0.2, 0.25) is 0 Å². The molecule has 1 aromatic carbocycles. The van der Waals surface area contributed by atoms with E-state index < -0.39 is 6.04 Å². The minimum atomic E-state index is -0.737. The van der Waals surface area contributed by atoms with Crippen LogP contribution in [0, 0.1) is 0 Å². The highest BCUT2D eigenvalue weighted by Crippen LogP contribution is 2.33. The van der Waals surface area contributed by atoms with Crippen LogP contribution in [0.2, 0.25) is 0 Å². The first-order chi connectivity index (χ1) is 13.0. The summed E-state index contributed by atoms with van der Waals surface area (Å²) >= 11 is 0. The molecule has 1 aliphatic rings. The Labute approximate surface area is 156 Å². The van der Waals surface area contributed by atoms with Gasteiger partial charge in [0.05, 0.1) is 18.8 Å². The summed E-state index contributed by atoms with van der Waals surface area (Å²) in [6, 6.07) is 7.36. The summed E-state index contributed by atoms with van der Waals surface area (Å²) in [5.41, 5.74) is 0.510. The average Bonchev–Trinajstić information content (AvgIpc) is 2.69. The number of hydrogen-bond acceptors (Lipinski definition) is 5. The summed E-state index contributed by atoms with van der Waals surface area (Å²) in [5.74, 6) is 0.228. The van der Waals surface area contributed by atoms with E-state index in [9.17, 15) is 14.4 Å². The Morgan fingerprint density at radius 3 is 2.85 bits per heavy atom. The lowest BCUT2D eigenvalue weighted by atomic mass is 10.0. The quantitative estimate of drug-likeness (QED) is 0.577. The van der Waals surface area contributed by atoms with Gasteiger partial charge in [0, 0.05) is 18.3 Å². The summed E-state index contributed by atoms with van der Waals surface area (Å²) in [5, 5.41) is 0. The van der Waals surface area contributed by atoms with Gasteiger partial charge in [-0.25, -0.2) is 0 Å². The smallest absolute Gasteiger partial charge is 0.293 e. The number of methoxy groups -OCH3 is 1. The Kier molecular flexibility index (Phi) is 5.12. The van der Waals surface area contributed by atoms with Crippen molar-refractivity contribution < 1.29 is 19.1 Å². The Hall–Kier alpha value is -3.35. The van der Waals surface area contributed by atoms with Gasteiger partial charge in [0.1, 0.15) is 5.75 Å². The lowest BCUT2D eigenvalue weighted by molar-refractivity contribution is -0.121. The van der Waals surface area contributed by atoms with Crippen molar-refractivity contribution in [2.24, 2.45) is 0 Å². The third-order valence-corrected chi connectivity index (χ3v) is 4.45. The number of amides is 1. The zero-order valence-corrected chi connectivity index (χ0v) is 15.2. The molecular weight excluding hydrogens is 348 g/mol. The number of hydrogen-bond donors (Lipinski definition) is 0. The van der Waals surface area contributed by atoms with E-state index in [1.807, 2.05) is 0 Å². The number of pyridine rings is 1. The first kappa shape index (κ1) is 18.4. The summed E-state index contributed by atoms with van der Waals surface area (Å²) in [4.78, 5) is 39.0. The molecule has 2 aromatic rings. The number of benzene rings is 1. The fourth-order valence-corrected chi connectivity index (χ4v) is 3.00. The van der Waals surface area contributed by atoms with Crippen LogP contribution in [0.1, 0.15) is 23.3 Å². The van der Waals surface area contributed by atoms with Crippen molar-refractivity contribution in [3.05, 3.63) is 65.1 Å². The van der Waals surface area contributed by atoms with Gasteiger partial charge in [0.25, 0.3) is 11.5 Å². The molecule has 0 aliphatic carbocycles. The van der Waals surface area contributed by atoms with Crippen LogP contribution in [0.15, 0.2) is 54.0 Å². The molecule has 1 atom stereocenters. The normalized spacial score (nSPS) is 14.1. The van der Waals surface area contributed by atoms with Gasteiger partial charge in [-0.1, -0.05) is 6.08 Å². The summed E-state index contributed by atoms with van der Waals surface area (Å²) in [6.45, 7) is 5.57. The summed E-state index contributed by atoms with van der Waals surface area (Å²) in [7, 11) is 1.41. The minimum absolute atomic E-state index is 0.0518. The first-order valence-electron chi connectivity index (χ1n) is 8.45. The van der Waals surface area contributed by atoms with E-state index in [0.717, 1.165) is 0 Å². The van der Waals surface area contributed by atoms with Crippen LogP contribution >= 0.6 is 0 Å². The van der Waals surface area contributed by atoms with Crippen molar-refractivity contribution in [3.63, 3.8) is 0 Å². The maximum atomic E-state index is 13.0. The maximum Gasteiger partial charge on any atom is 0.293 e.